The highest BCUT2D eigenvalue weighted by Gasteiger charge is 2.18. The van der Waals surface area contributed by atoms with Crippen molar-refractivity contribution in [1.82, 2.24) is 0 Å². The minimum absolute atomic E-state index is 0.0285. The third kappa shape index (κ3) is 6.63. The number of aryl methyl sites for hydroxylation is 1. The van der Waals surface area contributed by atoms with E-state index in [0.717, 1.165) is 44.1 Å². The Hall–Kier alpha value is -2.75. The van der Waals surface area contributed by atoms with Gasteiger partial charge >= 0.3 is 0 Å². The number of unbranched alkanes of at least 4 members (excludes halogenated alkanes) is 5. The molecule has 0 radical (unpaired) electrons. The molecule has 3 rings (SSSR count). The standard InChI is InChI=1S/C29H33F3O/c1-3-5-7-9-19-33-27-18-17-25(28(31)29(27)32)24-16-15-23(20-26(24)30)22-13-11-21(12-14-22)10-8-6-4-2/h11-18,20H,3-10,19H2,1-2H3. The molecule has 0 aliphatic rings. The van der Waals surface area contributed by atoms with Crippen molar-refractivity contribution in [3.05, 3.63) is 77.6 Å². The molecule has 0 heterocycles. The lowest BCUT2D eigenvalue weighted by Gasteiger charge is -2.12. The SMILES string of the molecule is CCCCCCOc1ccc(-c2ccc(-c3ccc(CCCCC)cc3)cc2F)c(F)c1F. The Kier molecular flexibility index (Phi) is 9.41. The number of benzene rings is 3. The van der Waals surface area contributed by atoms with Crippen LogP contribution in [0.2, 0.25) is 0 Å². The quantitative estimate of drug-likeness (QED) is 0.248. The third-order valence-electron chi connectivity index (χ3n) is 5.92. The molecule has 0 aliphatic carbocycles. The molecule has 0 N–H and O–H groups in total. The van der Waals surface area contributed by atoms with Crippen LogP contribution in [-0.2, 0) is 6.42 Å². The first kappa shape index (κ1) is 24.9. The Bertz CT molecular complexity index is 1030. The molecule has 0 aliphatic heterocycles. The van der Waals surface area contributed by atoms with Crippen LogP contribution in [0.1, 0.15) is 64.4 Å². The van der Waals surface area contributed by atoms with Gasteiger partial charge in [0.15, 0.2) is 11.6 Å². The summed E-state index contributed by atoms with van der Waals surface area (Å²) in [6.07, 6.45) is 8.52. The van der Waals surface area contributed by atoms with Crippen LogP contribution in [0.3, 0.4) is 0 Å². The van der Waals surface area contributed by atoms with E-state index in [-0.39, 0.29) is 16.9 Å². The molecule has 1 nitrogen and oxygen atoms in total. The molecule has 33 heavy (non-hydrogen) atoms. The van der Waals surface area contributed by atoms with Crippen LogP contribution >= 0.6 is 0 Å². The summed E-state index contributed by atoms with van der Waals surface area (Å²) in [7, 11) is 0. The van der Waals surface area contributed by atoms with Gasteiger partial charge in [0.25, 0.3) is 0 Å². The van der Waals surface area contributed by atoms with Crippen LogP contribution in [0.25, 0.3) is 22.3 Å². The molecule has 0 atom stereocenters. The Labute approximate surface area is 195 Å². The molecule has 3 aromatic rings. The minimum Gasteiger partial charge on any atom is -0.490 e. The number of ether oxygens (including phenoxy) is 1. The molecule has 0 saturated carbocycles. The molecule has 0 unspecified atom stereocenters. The molecule has 176 valence electrons. The van der Waals surface area contributed by atoms with Gasteiger partial charge in [-0.1, -0.05) is 82.3 Å². The second-order valence-electron chi connectivity index (χ2n) is 8.50. The molecule has 0 aromatic heterocycles. The highest BCUT2D eigenvalue weighted by Crippen LogP contribution is 2.33. The maximum atomic E-state index is 14.9. The summed E-state index contributed by atoms with van der Waals surface area (Å²) in [5.41, 5.74) is 2.76. The predicted octanol–water partition coefficient (Wildman–Crippen LogP) is 9.13. The molecule has 0 bridgehead atoms. The van der Waals surface area contributed by atoms with E-state index in [1.54, 1.807) is 6.07 Å². The van der Waals surface area contributed by atoms with Gasteiger partial charge in [0.2, 0.25) is 5.82 Å². The van der Waals surface area contributed by atoms with Crippen molar-refractivity contribution < 1.29 is 17.9 Å². The van der Waals surface area contributed by atoms with Gasteiger partial charge in [-0.2, -0.15) is 4.39 Å². The van der Waals surface area contributed by atoms with E-state index in [1.165, 1.54) is 42.7 Å². The number of hydrogen-bond acceptors (Lipinski definition) is 1. The summed E-state index contributed by atoms with van der Waals surface area (Å²) in [4.78, 5) is 0. The minimum atomic E-state index is -1.09. The maximum absolute atomic E-state index is 14.9. The van der Waals surface area contributed by atoms with Gasteiger partial charge in [-0.15, -0.1) is 0 Å². The van der Waals surface area contributed by atoms with Crippen molar-refractivity contribution in [3.63, 3.8) is 0 Å². The zero-order valence-electron chi connectivity index (χ0n) is 19.6. The van der Waals surface area contributed by atoms with Gasteiger partial charge in [-0.25, -0.2) is 8.78 Å². The first-order chi connectivity index (χ1) is 16.0. The smallest absolute Gasteiger partial charge is 0.201 e. The van der Waals surface area contributed by atoms with Crippen molar-refractivity contribution in [2.24, 2.45) is 0 Å². The second-order valence-corrected chi connectivity index (χ2v) is 8.50. The lowest BCUT2D eigenvalue weighted by molar-refractivity contribution is 0.285. The molecule has 0 amide bonds. The fourth-order valence-electron chi connectivity index (χ4n) is 3.92. The molecule has 0 fully saturated rings. The van der Waals surface area contributed by atoms with Gasteiger partial charge < -0.3 is 4.74 Å². The molecular formula is C29H33F3O. The van der Waals surface area contributed by atoms with Gasteiger partial charge in [-0.3, -0.25) is 0 Å². The van der Waals surface area contributed by atoms with Crippen LogP contribution in [0.5, 0.6) is 5.75 Å². The van der Waals surface area contributed by atoms with Crippen LogP contribution in [0.4, 0.5) is 13.2 Å². The van der Waals surface area contributed by atoms with Crippen LogP contribution in [0.15, 0.2) is 54.6 Å². The fraction of sp³-hybridized carbons (Fsp3) is 0.379. The number of halogens is 3. The molecule has 0 saturated heterocycles. The Morgan fingerprint density at radius 2 is 1.30 bits per heavy atom. The van der Waals surface area contributed by atoms with Gasteiger partial charge in [0.05, 0.1) is 6.61 Å². The van der Waals surface area contributed by atoms with Crippen molar-refractivity contribution in [1.29, 1.82) is 0 Å². The average molecular weight is 455 g/mol. The van der Waals surface area contributed by atoms with E-state index in [2.05, 4.69) is 26.0 Å². The normalized spacial score (nSPS) is 11.1. The summed E-state index contributed by atoms with van der Waals surface area (Å²) < 4.78 is 49.6. The number of rotatable bonds is 12. The van der Waals surface area contributed by atoms with Crippen molar-refractivity contribution in [3.8, 4) is 28.0 Å². The monoisotopic (exact) mass is 454 g/mol. The summed E-state index contributed by atoms with van der Waals surface area (Å²) in [5.74, 6) is -2.90. The lowest BCUT2D eigenvalue weighted by Crippen LogP contribution is -2.02. The van der Waals surface area contributed by atoms with E-state index in [1.807, 2.05) is 12.1 Å². The lowest BCUT2D eigenvalue weighted by atomic mass is 9.97. The largest absolute Gasteiger partial charge is 0.490 e. The fourth-order valence-corrected chi connectivity index (χ4v) is 3.92. The summed E-state index contributed by atoms with van der Waals surface area (Å²) in [6.45, 7) is 4.61. The highest BCUT2D eigenvalue weighted by atomic mass is 19.2. The van der Waals surface area contributed by atoms with Crippen molar-refractivity contribution >= 4 is 0 Å². The van der Waals surface area contributed by atoms with Crippen LogP contribution in [0, 0.1) is 17.5 Å². The zero-order valence-corrected chi connectivity index (χ0v) is 19.6. The van der Waals surface area contributed by atoms with Crippen molar-refractivity contribution in [2.75, 3.05) is 6.61 Å². The maximum Gasteiger partial charge on any atom is 0.201 e. The van der Waals surface area contributed by atoms with E-state index in [4.69, 9.17) is 4.74 Å². The second kappa shape index (κ2) is 12.5. The van der Waals surface area contributed by atoms with E-state index in [9.17, 15) is 13.2 Å². The van der Waals surface area contributed by atoms with E-state index in [0.29, 0.717) is 12.2 Å². The molecule has 0 spiro atoms. The van der Waals surface area contributed by atoms with Crippen LogP contribution < -0.4 is 4.74 Å². The molecule has 4 heteroatoms. The average Bonchev–Trinajstić information content (AvgIpc) is 2.82. The van der Waals surface area contributed by atoms with Gasteiger partial charge in [0, 0.05) is 11.1 Å². The van der Waals surface area contributed by atoms with E-state index < -0.39 is 17.5 Å². The highest BCUT2D eigenvalue weighted by molar-refractivity contribution is 5.72. The first-order valence-corrected chi connectivity index (χ1v) is 12.0. The summed E-state index contributed by atoms with van der Waals surface area (Å²) in [6, 6.07) is 15.4. The predicted molar refractivity (Wildman–Crippen MR) is 130 cm³/mol. The molecule has 3 aromatic carbocycles. The Morgan fingerprint density at radius 3 is 2.00 bits per heavy atom. The van der Waals surface area contributed by atoms with Crippen LogP contribution in [-0.4, -0.2) is 6.61 Å². The zero-order chi connectivity index (χ0) is 23.6. The van der Waals surface area contributed by atoms with Gasteiger partial charge in [-0.05, 0) is 54.2 Å². The van der Waals surface area contributed by atoms with E-state index >= 15 is 0 Å². The topological polar surface area (TPSA) is 9.23 Å². The summed E-state index contributed by atoms with van der Waals surface area (Å²) >= 11 is 0. The van der Waals surface area contributed by atoms with Crippen molar-refractivity contribution in [2.45, 2.75) is 65.2 Å². The Morgan fingerprint density at radius 1 is 0.636 bits per heavy atom. The third-order valence-corrected chi connectivity index (χ3v) is 5.92. The van der Waals surface area contributed by atoms with Gasteiger partial charge in [0.1, 0.15) is 5.82 Å². The molecular weight excluding hydrogens is 421 g/mol. The first-order valence-electron chi connectivity index (χ1n) is 12.0. The Balaban J connectivity index is 1.73. The summed E-state index contributed by atoms with van der Waals surface area (Å²) in [5, 5.41) is 0. The number of hydrogen-bond donors (Lipinski definition) is 0.